The Kier molecular flexibility index (Phi) is 4.37. The van der Waals surface area contributed by atoms with Crippen LogP contribution in [-0.2, 0) is 4.79 Å². The standard InChI is InChI=1S/C13H17BrN2O2/c1-15-7-4-8-16(13(18)12(15)9-17)11-6-3-2-5-10(11)14/h2-3,5-6,12,17H,4,7-9H2,1H3. The summed E-state index contributed by atoms with van der Waals surface area (Å²) in [5.41, 5.74) is 0.872. The van der Waals surface area contributed by atoms with Gasteiger partial charge in [-0.15, -0.1) is 0 Å². The normalized spacial score (nSPS) is 22.1. The Bertz CT molecular complexity index is 439. The molecular formula is C13H17BrN2O2. The Labute approximate surface area is 115 Å². The number of benzene rings is 1. The van der Waals surface area contributed by atoms with Gasteiger partial charge in [0.2, 0.25) is 5.91 Å². The highest BCUT2D eigenvalue weighted by atomic mass is 79.9. The fraction of sp³-hybridized carbons (Fsp3) is 0.462. The molecular weight excluding hydrogens is 296 g/mol. The molecule has 1 aromatic carbocycles. The zero-order valence-electron chi connectivity index (χ0n) is 10.3. The van der Waals surface area contributed by atoms with Crippen LogP contribution >= 0.6 is 15.9 Å². The lowest BCUT2D eigenvalue weighted by atomic mass is 10.2. The number of carbonyl (C=O) groups is 1. The van der Waals surface area contributed by atoms with E-state index in [0.717, 1.165) is 23.1 Å². The molecule has 4 nitrogen and oxygen atoms in total. The molecule has 1 amide bonds. The predicted molar refractivity (Wildman–Crippen MR) is 74.6 cm³/mol. The summed E-state index contributed by atoms with van der Waals surface area (Å²) in [7, 11) is 1.88. The van der Waals surface area contributed by atoms with Crippen LogP contribution in [0.2, 0.25) is 0 Å². The summed E-state index contributed by atoms with van der Waals surface area (Å²) in [5.74, 6) is -0.0376. The van der Waals surface area contributed by atoms with Crippen molar-refractivity contribution in [2.75, 3.05) is 31.6 Å². The lowest BCUT2D eigenvalue weighted by molar-refractivity contribution is -0.123. The molecule has 0 saturated carbocycles. The van der Waals surface area contributed by atoms with Crippen LogP contribution in [0.5, 0.6) is 0 Å². The average Bonchev–Trinajstić information content (AvgIpc) is 2.49. The maximum absolute atomic E-state index is 12.4. The maximum Gasteiger partial charge on any atom is 0.246 e. The van der Waals surface area contributed by atoms with Crippen LogP contribution < -0.4 is 4.90 Å². The number of anilines is 1. The number of hydrogen-bond donors (Lipinski definition) is 1. The number of hydrogen-bond acceptors (Lipinski definition) is 3. The minimum atomic E-state index is -0.445. The molecule has 1 atom stereocenters. The molecule has 1 aromatic rings. The van der Waals surface area contributed by atoms with Gasteiger partial charge < -0.3 is 10.0 Å². The third kappa shape index (κ3) is 2.58. The zero-order valence-corrected chi connectivity index (χ0v) is 11.9. The summed E-state index contributed by atoms with van der Waals surface area (Å²) >= 11 is 3.47. The van der Waals surface area contributed by atoms with Crippen molar-refractivity contribution in [2.45, 2.75) is 12.5 Å². The number of aliphatic hydroxyl groups is 1. The number of aliphatic hydroxyl groups excluding tert-OH is 1. The molecule has 1 aliphatic heterocycles. The van der Waals surface area contributed by atoms with E-state index in [1.54, 1.807) is 4.90 Å². The lowest BCUT2D eigenvalue weighted by Gasteiger charge is -2.27. The summed E-state index contributed by atoms with van der Waals surface area (Å²) in [6, 6.07) is 7.23. The van der Waals surface area contributed by atoms with Gasteiger partial charge in [0.25, 0.3) is 0 Å². The Morgan fingerprint density at radius 3 is 2.78 bits per heavy atom. The SMILES string of the molecule is CN1CCCN(c2ccccc2Br)C(=O)C1CO. The van der Waals surface area contributed by atoms with Gasteiger partial charge in [0.15, 0.2) is 0 Å². The molecule has 1 fully saturated rings. The van der Waals surface area contributed by atoms with Gasteiger partial charge in [-0.3, -0.25) is 9.69 Å². The van der Waals surface area contributed by atoms with Crippen LogP contribution in [0, 0.1) is 0 Å². The highest BCUT2D eigenvalue weighted by Crippen LogP contribution is 2.27. The second-order valence-electron chi connectivity index (χ2n) is 4.47. The van der Waals surface area contributed by atoms with Crippen molar-refractivity contribution in [1.29, 1.82) is 0 Å². The molecule has 0 spiro atoms. The van der Waals surface area contributed by atoms with Crippen molar-refractivity contribution in [2.24, 2.45) is 0 Å². The first-order valence-electron chi connectivity index (χ1n) is 6.02. The number of likely N-dealkylation sites (N-methyl/N-ethyl adjacent to an activating group) is 1. The molecule has 0 bridgehead atoms. The molecule has 5 heteroatoms. The van der Waals surface area contributed by atoms with E-state index < -0.39 is 6.04 Å². The van der Waals surface area contributed by atoms with Crippen LogP contribution in [0.15, 0.2) is 28.7 Å². The van der Waals surface area contributed by atoms with Crippen molar-refractivity contribution >= 4 is 27.5 Å². The van der Waals surface area contributed by atoms with Gasteiger partial charge in [-0.25, -0.2) is 0 Å². The Morgan fingerprint density at radius 1 is 1.39 bits per heavy atom. The number of nitrogens with zero attached hydrogens (tertiary/aromatic N) is 2. The molecule has 0 aromatic heterocycles. The van der Waals surface area contributed by atoms with Gasteiger partial charge in [-0.1, -0.05) is 12.1 Å². The average molecular weight is 313 g/mol. The number of rotatable bonds is 2. The molecule has 1 heterocycles. The molecule has 0 radical (unpaired) electrons. The molecule has 98 valence electrons. The number of carbonyl (C=O) groups excluding carboxylic acids is 1. The van der Waals surface area contributed by atoms with E-state index >= 15 is 0 Å². The highest BCUT2D eigenvalue weighted by molar-refractivity contribution is 9.10. The number of halogens is 1. The monoisotopic (exact) mass is 312 g/mol. The van der Waals surface area contributed by atoms with Gasteiger partial charge in [0, 0.05) is 17.6 Å². The molecule has 1 saturated heterocycles. The van der Waals surface area contributed by atoms with Gasteiger partial charge in [0.1, 0.15) is 6.04 Å². The molecule has 18 heavy (non-hydrogen) atoms. The number of para-hydroxylation sites is 1. The topological polar surface area (TPSA) is 43.8 Å². The summed E-state index contributed by atoms with van der Waals surface area (Å²) in [5, 5.41) is 9.39. The second-order valence-corrected chi connectivity index (χ2v) is 5.33. The summed E-state index contributed by atoms with van der Waals surface area (Å²) in [4.78, 5) is 16.1. The summed E-state index contributed by atoms with van der Waals surface area (Å²) in [6.45, 7) is 1.36. The summed E-state index contributed by atoms with van der Waals surface area (Å²) in [6.07, 6.45) is 0.903. The van der Waals surface area contributed by atoms with Crippen molar-refractivity contribution in [3.8, 4) is 0 Å². The van der Waals surface area contributed by atoms with Gasteiger partial charge >= 0.3 is 0 Å². The van der Waals surface area contributed by atoms with Crippen LogP contribution in [-0.4, -0.2) is 48.7 Å². The first-order chi connectivity index (χ1) is 8.65. The lowest BCUT2D eigenvalue weighted by Crippen LogP contribution is -2.46. The molecule has 0 aliphatic carbocycles. The predicted octanol–water partition coefficient (Wildman–Crippen LogP) is 1.48. The molecule has 1 unspecified atom stereocenters. The third-order valence-corrected chi connectivity index (χ3v) is 3.96. The fourth-order valence-electron chi connectivity index (χ4n) is 2.24. The van der Waals surface area contributed by atoms with E-state index in [0.29, 0.717) is 6.54 Å². The first-order valence-corrected chi connectivity index (χ1v) is 6.81. The highest BCUT2D eigenvalue weighted by Gasteiger charge is 2.31. The van der Waals surface area contributed by atoms with Crippen LogP contribution in [0.1, 0.15) is 6.42 Å². The van der Waals surface area contributed by atoms with Crippen LogP contribution in [0.25, 0.3) is 0 Å². The van der Waals surface area contributed by atoms with E-state index in [2.05, 4.69) is 15.9 Å². The van der Waals surface area contributed by atoms with Crippen molar-refractivity contribution < 1.29 is 9.90 Å². The van der Waals surface area contributed by atoms with Gasteiger partial charge in [-0.2, -0.15) is 0 Å². The largest absolute Gasteiger partial charge is 0.394 e. The third-order valence-electron chi connectivity index (χ3n) is 3.29. The molecule has 1 aliphatic rings. The molecule has 2 rings (SSSR count). The van der Waals surface area contributed by atoms with Crippen molar-refractivity contribution in [1.82, 2.24) is 4.90 Å². The zero-order chi connectivity index (χ0) is 13.1. The van der Waals surface area contributed by atoms with Gasteiger partial charge in [-0.05, 0) is 41.5 Å². The molecule has 1 N–H and O–H groups in total. The maximum atomic E-state index is 12.4. The second kappa shape index (κ2) is 5.82. The van der Waals surface area contributed by atoms with Crippen molar-refractivity contribution in [3.63, 3.8) is 0 Å². The fourth-order valence-corrected chi connectivity index (χ4v) is 2.74. The van der Waals surface area contributed by atoms with Crippen LogP contribution in [0.4, 0.5) is 5.69 Å². The van der Waals surface area contributed by atoms with Gasteiger partial charge in [0.05, 0.1) is 12.3 Å². The van der Waals surface area contributed by atoms with E-state index in [9.17, 15) is 9.90 Å². The minimum Gasteiger partial charge on any atom is -0.394 e. The summed E-state index contributed by atoms with van der Waals surface area (Å²) < 4.78 is 0.902. The Hall–Kier alpha value is -0.910. The van der Waals surface area contributed by atoms with Crippen molar-refractivity contribution in [3.05, 3.63) is 28.7 Å². The minimum absolute atomic E-state index is 0.0376. The Morgan fingerprint density at radius 2 is 2.11 bits per heavy atom. The van der Waals surface area contributed by atoms with Crippen LogP contribution in [0.3, 0.4) is 0 Å². The smallest absolute Gasteiger partial charge is 0.246 e. The first kappa shape index (κ1) is 13.5. The van der Waals surface area contributed by atoms with E-state index in [4.69, 9.17) is 0 Å². The van der Waals surface area contributed by atoms with E-state index in [-0.39, 0.29) is 12.5 Å². The van der Waals surface area contributed by atoms with E-state index in [1.807, 2.05) is 36.2 Å². The quantitative estimate of drug-likeness (QED) is 0.899. The number of amides is 1. The Balaban J connectivity index is 2.32. The van der Waals surface area contributed by atoms with E-state index in [1.165, 1.54) is 0 Å².